The smallest absolute Gasteiger partial charge is 0.272 e. The molecule has 1 N–H and O–H groups in total. The molecule has 0 aliphatic carbocycles. The van der Waals surface area contributed by atoms with E-state index in [1.54, 1.807) is 6.20 Å². The van der Waals surface area contributed by atoms with Crippen molar-refractivity contribution in [3.05, 3.63) is 59.9 Å². The summed E-state index contributed by atoms with van der Waals surface area (Å²) in [4.78, 5) is 18.4. The summed E-state index contributed by atoms with van der Waals surface area (Å²) in [7, 11) is 0. The van der Waals surface area contributed by atoms with Gasteiger partial charge in [-0.15, -0.1) is 0 Å². The number of nitrogens with one attached hydrogen (secondary N) is 1. The molecule has 1 saturated heterocycles. The molecule has 0 bridgehead atoms. The predicted octanol–water partition coefficient (Wildman–Crippen LogP) is 3.36. The second-order valence-electron chi connectivity index (χ2n) is 5.95. The van der Waals surface area contributed by atoms with Crippen LogP contribution in [0.15, 0.2) is 48.7 Å². The molecule has 1 aliphatic heterocycles. The van der Waals surface area contributed by atoms with Gasteiger partial charge in [-0.25, -0.2) is 4.98 Å². The molecule has 1 aromatic carbocycles. The zero-order chi connectivity index (χ0) is 15.9. The highest BCUT2D eigenvalue weighted by Gasteiger charge is 2.20. The van der Waals surface area contributed by atoms with Crippen LogP contribution in [0, 0.1) is 0 Å². The van der Waals surface area contributed by atoms with Crippen molar-refractivity contribution >= 4 is 11.6 Å². The Balaban J connectivity index is 1.45. The van der Waals surface area contributed by atoms with Crippen LogP contribution in [0.25, 0.3) is 0 Å². The fraction of sp³-hybridized carbons (Fsp3) is 0.368. The third-order valence-corrected chi connectivity index (χ3v) is 4.19. The maximum Gasteiger partial charge on any atom is 0.272 e. The average molecular weight is 309 g/mol. The molecule has 0 unspecified atom stereocenters. The second-order valence-corrected chi connectivity index (χ2v) is 5.95. The Morgan fingerprint density at radius 1 is 1.09 bits per heavy atom. The molecular formula is C19H23N3O. The number of pyridine rings is 1. The lowest BCUT2D eigenvalue weighted by molar-refractivity contribution is 0.0787. The molecule has 1 amide bonds. The number of hydrogen-bond donors (Lipinski definition) is 1. The number of rotatable bonds is 6. The number of likely N-dealkylation sites (tertiary alicyclic amines) is 1. The maximum atomic E-state index is 12.2. The van der Waals surface area contributed by atoms with Crippen molar-refractivity contribution in [3.8, 4) is 0 Å². The van der Waals surface area contributed by atoms with Crippen molar-refractivity contribution in [2.45, 2.75) is 25.7 Å². The van der Waals surface area contributed by atoms with Crippen LogP contribution in [0.2, 0.25) is 0 Å². The zero-order valence-corrected chi connectivity index (χ0v) is 13.4. The van der Waals surface area contributed by atoms with E-state index in [-0.39, 0.29) is 5.91 Å². The molecule has 3 rings (SSSR count). The summed E-state index contributed by atoms with van der Waals surface area (Å²) in [6, 6.07) is 14.3. The second kappa shape index (κ2) is 7.77. The van der Waals surface area contributed by atoms with Gasteiger partial charge >= 0.3 is 0 Å². The average Bonchev–Trinajstić information content (AvgIpc) is 3.14. The minimum Gasteiger partial charge on any atom is -0.384 e. The monoisotopic (exact) mass is 309 g/mol. The van der Waals surface area contributed by atoms with Gasteiger partial charge in [0.15, 0.2) is 0 Å². The topological polar surface area (TPSA) is 45.2 Å². The van der Waals surface area contributed by atoms with Gasteiger partial charge in [0, 0.05) is 19.6 Å². The summed E-state index contributed by atoms with van der Waals surface area (Å²) in [5.41, 5.74) is 2.87. The van der Waals surface area contributed by atoms with Crippen LogP contribution in [0.4, 0.5) is 5.69 Å². The van der Waals surface area contributed by atoms with E-state index in [4.69, 9.17) is 0 Å². The first-order chi connectivity index (χ1) is 11.3. The van der Waals surface area contributed by atoms with Gasteiger partial charge in [-0.2, -0.15) is 0 Å². The standard InChI is InChI=1S/C19H23N3O/c23-19(22-13-4-5-14-22)18-11-10-17(15-21-18)20-12-6-9-16-7-2-1-3-8-16/h1-3,7-8,10-11,15,20H,4-6,9,12-14H2. The maximum absolute atomic E-state index is 12.2. The van der Waals surface area contributed by atoms with E-state index in [2.05, 4.69) is 34.6 Å². The first-order valence-electron chi connectivity index (χ1n) is 8.36. The third-order valence-electron chi connectivity index (χ3n) is 4.19. The molecule has 0 spiro atoms. The van der Waals surface area contributed by atoms with Crippen LogP contribution in [0.1, 0.15) is 35.3 Å². The number of carbonyl (C=O) groups excluding carboxylic acids is 1. The van der Waals surface area contributed by atoms with Crippen molar-refractivity contribution < 1.29 is 4.79 Å². The number of anilines is 1. The minimum atomic E-state index is 0.0538. The molecule has 2 heterocycles. The molecule has 0 atom stereocenters. The summed E-state index contributed by atoms with van der Waals surface area (Å²) in [5, 5.41) is 3.36. The van der Waals surface area contributed by atoms with E-state index in [1.165, 1.54) is 5.56 Å². The van der Waals surface area contributed by atoms with Crippen LogP contribution in [0.3, 0.4) is 0 Å². The Hall–Kier alpha value is -2.36. The van der Waals surface area contributed by atoms with E-state index >= 15 is 0 Å². The summed E-state index contributed by atoms with van der Waals surface area (Å²) in [6.07, 6.45) is 6.09. The van der Waals surface area contributed by atoms with Crippen LogP contribution < -0.4 is 5.32 Å². The van der Waals surface area contributed by atoms with Crippen LogP contribution in [-0.4, -0.2) is 35.4 Å². The highest BCUT2D eigenvalue weighted by Crippen LogP contribution is 2.13. The van der Waals surface area contributed by atoms with E-state index in [0.717, 1.165) is 51.0 Å². The highest BCUT2D eigenvalue weighted by atomic mass is 16.2. The van der Waals surface area contributed by atoms with Gasteiger partial charge < -0.3 is 10.2 Å². The molecule has 1 aliphatic rings. The molecule has 23 heavy (non-hydrogen) atoms. The Labute approximate surface area is 137 Å². The Morgan fingerprint density at radius 2 is 1.87 bits per heavy atom. The van der Waals surface area contributed by atoms with Crippen molar-refractivity contribution in [2.75, 3.05) is 25.0 Å². The first-order valence-corrected chi connectivity index (χ1v) is 8.36. The number of amides is 1. The zero-order valence-electron chi connectivity index (χ0n) is 13.4. The van der Waals surface area contributed by atoms with Gasteiger partial charge in [-0.3, -0.25) is 4.79 Å². The molecule has 120 valence electrons. The number of hydrogen-bond acceptors (Lipinski definition) is 3. The van der Waals surface area contributed by atoms with Gasteiger partial charge in [-0.05, 0) is 43.4 Å². The van der Waals surface area contributed by atoms with E-state index in [0.29, 0.717) is 5.69 Å². The van der Waals surface area contributed by atoms with Crippen molar-refractivity contribution in [1.29, 1.82) is 0 Å². The summed E-state index contributed by atoms with van der Waals surface area (Å²) in [6.45, 7) is 2.62. The number of aromatic nitrogens is 1. The largest absolute Gasteiger partial charge is 0.384 e. The molecule has 1 fully saturated rings. The minimum absolute atomic E-state index is 0.0538. The molecule has 1 aromatic heterocycles. The van der Waals surface area contributed by atoms with Gasteiger partial charge in [0.1, 0.15) is 5.69 Å². The molecule has 4 heteroatoms. The number of carbonyl (C=O) groups is 1. The molecular weight excluding hydrogens is 286 g/mol. The molecule has 0 saturated carbocycles. The number of nitrogens with zero attached hydrogens (tertiary/aromatic N) is 2. The number of benzene rings is 1. The van der Waals surface area contributed by atoms with Gasteiger partial charge in [0.05, 0.1) is 11.9 Å². The predicted molar refractivity (Wildman–Crippen MR) is 92.6 cm³/mol. The quantitative estimate of drug-likeness (QED) is 0.832. The normalized spacial score (nSPS) is 14.0. The van der Waals surface area contributed by atoms with Crippen molar-refractivity contribution in [3.63, 3.8) is 0 Å². The van der Waals surface area contributed by atoms with Gasteiger partial charge in [0.25, 0.3) is 5.91 Å². The molecule has 4 nitrogen and oxygen atoms in total. The SMILES string of the molecule is O=C(c1ccc(NCCCc2ccccc2)cn1)N1CCCC1. The molecule has 2 aromatic rings. The Kier molecular flexibility index (Phi) is 5.25. The fourth-order valence-corrected chi connectivity index (χ4v) is 2.88. The Bertz CT molecular complexity index is 619. The summed E-state index contributed by atoms with van der Waals surface area (Å²) >= 11 is 0. The first kappa shape index (κ1) is 15.5. The van der Waals surface area contributed by atoms with E-state index < -0.39 is 0 Å². The lowest BCUT2D eigenvalue weighted by Crippen LogP contribution is -2.28. The Morgan fingerprint density at radius 3 is 2.57 bits per heavy atom. The summed E-state index contributed by atoms with van der Waals surface area (Å²) < 4.78 is 0. The van der Waals surface area contributed by atoms with Crippen molar-refractivity contribution in [2.24, 2.45) is 0 Å². The molecule has 0 radical (unpaired) electrons. The van der Waals surface area contributed by atoms with E-state index in [1.807, 2.05) is 23.1 Å². The third kappa shape index (κ3) is 4.31. The highest BCUT2D eigenvalue weighted by molar-refractivity contribution is 5.92. The van der Waals surface area contributed by atoms with Crippen molar-refractivity contribution in [1.82, 2.24) is 9.88 Å². The van der Waals surface area contributed by atoms with E-state index in [9.17, 15) is 4.79 Å². The summed E-state index contributed by atoms with van der Waals surface area (Å²) in [5.74, 6) is 0.0538. The fourth-order valence-electron chi connectivity index (χ4n) is 2.88. The van der Waals surface area contributed by atoms with Gasteiger partial charge in [-0.1, -0.05) is 30.3 Å². The van der Waals surface area contributed by atoms with Crippen LogP contribution >= 0.6 is 0 Å². The van der Waals surface area contributed by atoms with Crippen LogP contribution in [0.5, 0.6) is 0 Å². The lowest BCUT2D eigenvalue weighted by atomic mass is 10.1. The van der Waals surface area contributed by atoms with Crippen LogP contribution in [-0.2, 0) is 6.42 Å². The van der Waals surface area contributed by atoms with Gasteiger partial charge in [0.2, 0.25) is 0 Å². The number of aryl methyl sites for hydroxylation is 1. The lowest BCUT2D eigenvalue weighted by Gasteiger charge is -2.14.